The predicted octanol–water partition coefficient (Wildman–Crippen LogP) is 1.76. The minimum absolute atomic E-state index is 0.127. The molecule has 1 aromatic carbocycles. The molecule has 3 rings (SSSR count). The molecule has 124 valence electrons. The van der Waals surface area contributed by atoms with Gasteiger partial charge in [-0.15, -0.1) is 0 Å². The highest BCUT2D eigenvalue weighted by Crippen LogP contribution is 2.20. The highest BCUT2D eigenvalue weighted by atomic mass is 16.2. The van der Waals surface area contributed by atoms with Crippen molar-refractivity contribution < 1.29 is 9.59 Å². The van der Waals surface area contributed by atoms with E-state index in [0.29, 0.717) is 6.54 Å². The molecule has 0 unspecified atom stereocenters. The third-order valence-electron chi connectivity index (χ3n) is 4.92. The topological polar surface area (TPSA) is 66.6 Å². The van der Waals surface area contributed by atoms with E-state index in [1.165, 1.54) is 0 Å². The summed E-state index contributed by atoms with van der Waals surface area (Å²) >= 11 is 0. The third kappa shape index (κ3) is 3.72. The van der Waals surface area contributed by atoms with Crippen molar-refractivity contribution in [3.63, 3.8) is 0 Å². The van der Waals surface area contributed by atoms with Gasteiger partial charge in [0.25, 0.3) is 5.91 Å². The minimum Gasteiger partial charge on any atom is -0.368 e. The zero-order valence-corrected chi connectivity index (χ0v) is 13.5. The maximum atomic E-state index is 12.3. The van der Waals surface area contributed by atoms with Crippen molar-refractivity contribution in [1.82, 2.24) is 9.80 Å². The first-order valence-electron chi connectivity index (χ1n) is 8.57. The Bertz CT molecular complexity index is 564. The maximum Gasteiger partial charge on any atom is 0.253 e. The number of carbonyl (C=O) groups is 2. The molecule has 0 aromatic heterocycles. The number of rotatable bonds is 4. The summed E-state index contributed by atoms with van der Waals surface area (Å²) in [6.07, 6.45) is 5.23. The molecule has 2 saturated heterocycles. The molecule has 2 N–H and O–H groups in total. The van der Waals surface area contributed by atoms with Gasteiger partial charge in [-0.05, 0) is 49.9 Å². The summed E-state index contributed by atoms with van der Waals surface area (Å²) in [5.41, 5.74) is 7.39. The summed E-state index contributed by atoms with van der Waals surface area (Å²) in [5, 5.41) is 0. The van der Waals surface area contributed by atoms with Gasteiger partial charge in [-0.25, -0.2) is 0 Å². The van der Waals surface area contributed by atoms with Crippen molar-refractivity contribution in [3.8, 4) is 0 Å². The van der Waals surface area contributed by atoms with Crippen LogP contribution in [0.3, 0.4) is 0 Å². The Balaban J connectivity index is 1.64. The molecule has 1 atom stereocenters. The Morgan fingerprint density at radius 3 is 2.30 bits per heavy atom. The fourth-order valence-electron chi connectivity index (χ4n) is 3.59. The van der Waals surface area contributed by atoms with E-state index in [9.17, 15) is 9.59 Å². The van der Waals surface area contributed by atoms with E-state index >= 15 is 0 Å². The monoisotopic (exact) mass is 315 g/mol. The number of hydrogen-bond acceptors (Lipinski definition) is 3. The van der Waals surface area contributed by atoms with E-state index in [1.54, 1.807) is 0 Å². The third-order valence-corrected chi connectivity index (χ3v) is 4.92. The molecule has 0 spiro atoms. The van der Waals surface area contributed by atoms with Gasteiger partial charge in [-0.3, -0.25) is 14.5 Å². The SMILES string of the molecule is NC(=O)[C@H]1CCCCN1Cc1ccc(C(=O)N2CCCC2)cc1. The van der Waals surface area contributed by atoms with Crippen LogP contribution in [-0.4, -0.2) is 47.3 Å². The fourth-order valence-corrected chi connectivity index (χ4v) is 3.59. The number of amides is 2. The van der Waals surface area contributed by atoms with Gasteiger partial charge >= 0.3 is 0 Å². The minimum atomic E-state index is -0.231. The fraction of sp³-hybridized carbons (Fsp3) is 0.556. The molecule has 0 aliphatic carbocycles. The molecule has 2 heterocycles. The standard InChI is InChI=1S/C18H25N3O2/c19-17(22)16-5-1-2-12-21(16)13-14-6-8-15(9-7-14)18(23)20-10-3-4-11-20/h6-9,16H,1-5,10-13H2,(H2,19,22)/t16-/m1/s1. The largest absolute Gasteiger partial charge is 0.368 e. The van der Waals surface area contributed by atoms with Crippen LogP contribution in [0.1, 0.15) is 48.0 Å². The average Bonchev–Trinajstić information content (AvgIpc) is 3.10. The van der Waals surface area contributed by atoms with Gasteiger partial charge in [0, 0.05) is 25.2 Å². The van der Waals surface area contributed by atoms with Gasteiger partial charge in [-0.1, -0.05) is 18.6 Å². The lowest BCUT2D eigenvalue weighted by atomic mass is 10.0. The van der Waals surface area contributed by atoms with E-state index in [-0.39, 0.29) is 17.9 Å². The van der Waals surface area contributed by atoms with Gasteiger partial charge in [0.1, 0.15) is 0 Å². The molecule has 5 nitrogen and oxygen atoms in total. The highest BCUT2D eigenvalue weighted by Gasteiger charge is 2.26. The summed E-state index contributed by atoms with van der Waals surface area (Å²) < 4.78 is 0. The van der Waals surface area contributed by atoms with Crippen molar-refractivity contribution >= 4 is 11.8 Å². The Hall–Kier alpha value is -1.88. The van der Waals surface area contributed by atoms with Gasteiger partial charge in [0.2, 0.25) is 5.91 Å². The number of nitrogens with two attached hydrogens (primary N) is 1. The van der Waals surface area contributed by atoms with Crippen LogP contribution in [-0.2, 0) is 11.3 Å². The normalized spacial score (nSPS) is 22.3. The van der Waals surface area contributed by atoms with Gasteiger partial charge in [0.05, 0.1) is 6.04 Å². The average molecular weight is 315 g/mol. The van der Waals surface area contributed by atoms with Crippen molar-refractivity contribution in [2.45, 2.75) is 44.7 Å². The first-order chi connectivity index (χ1) is 11.1. The number of benzene rings is 1. The Morgan fingerprint density at radius 1 is 1.00 bits per heavy atom. The summed E-state index contributed by atoms with van der Waals surface area (Å²) in [4.78, 5) is 28.0. The van der Waals surface area contributed by atoms with Gasteiger partial charge in [0.15, 0.2) is 0 Å². The Kier molecular flexibility index (Phi) is 4.96. The molecular formula is C18H25N3O2. The van der Waals surface area contributed by atoms with Gasteiger partial charge < -0.3 is 10.6 Å². The number of carbonyl (C=O) groups excluding carboxylic acids is 2. The van der Waals surface area contributed by atoms with Crippen molar-refractivity contribution in [3.05, 3.63) is 35.4 Å². The molecule has 2 aliphatic rings. The molecule has 0 radical (unpaired) electrons. The van der Waals surface area contributed by atoms with Crippen LogP contribution in [0.4, 0.5) is 0 Å². The summed E-state index contributed by atoms with van der Waals surface area (Å²) in [7, 11) is 0. The molecule has 1 aromatic rings. The number of piperidine rings is 1. The second-order valence-corrected chi connectivity index (χ2v) is 6.58. The van der Waals surface area contributed by atoms with E-state index in [2.05, 4.69) is 4.90 Å². The first kappa shape index (κ1) is 16.0. The molecule has 5 heteroatoms. The zero-order valence-electron chi connectivity index (χ0n) is 13.5. The van der Waals surface area contributed by atoms with Crippen LogP contribution >= 0.6 is 0 Å². The number of primary amides is 1. The van der Waals surface area contributed by atoms with Crippen LogP contribution in [0.15, 0.2) is 24.3 Å². The summed E-state index contributed by atoms with van der Waals surface area (Å²) in [5.74, 6) is -0.104. The second-order valence-electron chi connectivity index (χ2n) is 6.58. The molecule has 0 bridgehead atoms. The van der Waals surface area contributed by atoms with Crippen LogP contribution in [0.25, 0.3) is 0 Å². The lowest BCUT2D eigenvalue weighted by Crippen LogP contribution is -2.47. The van der Waals surface area contributed by atoms with Crippen LogP contribution in [0.5, 0.6) is 0 Å². The zero-order chi connectivity index (χ0) is 16.2. The smallest absolute Gasteiger partial charge is 0.253 e. The Labute approximate surface area is 137 Å². The van der Waals surface area contributed by atoms with E-state index in [0.717, 1.165) is 62.9 Å². The van der Waals surface area contributed by atoms with Crippen molar-refractivity contribution in [2.24, 2.45) is 5.73 Å². The molecule has 23 heavy (non-hydrogen) atoms. The quantitative estimate of drug-likeness (QED) is 0.920. The molecule has 2 aliphatic heterocycles. The van der Waals surface area contributed by atoms with E-state index < -0.39 is 0 Å². The van der Waals surface area contributed by atoms with Crippen LogP contribution in [0, 0.1) is 0 Å². The number of likely N-dealkylation sites (tertiary alicyclic amines) is 2. The molecular weight excluding hydrogens is 290 g/mol. The highest BCUT2D eigenvalue weighted by molar-refractivity contribution is 5.94. The second kappa shape index (κ2) is 7.13. The summed E-state index contributed by atoms with van der Waals surface area (Å²) in [6, 6.07) is 7.64. The predicted molar refractivity (Wildman–Crippen MR) is 88.8 cm³/mol. The number of nitrogens with zero attached hydrogens (tertiary/aromatic N) is 2. The van der Waals surface area contributed by atoms with Crippen molar-refractivity contribution in [1.29, 1.82) is 0 Å². The van der Waals surface area contributed by atoms with E-state index in [1.807, 2.05) is 29.2 Å². The Morgan fingerprint density at radius 2 is 1.65 bits per heavy atom. The molecule has 2 amide bonds. The van der Waals surface area contributed by atoms with E-state index in [4.69, 9.17) is 5.73 Å². The van der Waals surface area contributed by atoms with Crippen LogP contribution in [0.2, 0.25) is 0 Å². The summed E-state index contributed by atoms with van der Waals surface area (Å²) in [6.45, 7) is 3.36. The first-order valence-corrected chi connectivity index (χ1v) is 8.57. The molecule has 2 fully saturated rings. The molecule has 0 saturated carbocycles. The maximum absolute atomic E-state index is 12.3. The van der Waals surface area contributed by atoms with Crippen molar-refractivity contribution in [2.75, 3.05) is 19.6 Å². The van der Waals surface area contributed by atoms with Gasteiger partial charge in [-0.2, -0.15) is 0 Å². The van der Waals surface area contributed by atoms with Crippen LogP contribution < -0.4 is 5.73 Å². The number of hydrogen-bond donors (Lipinski definition) is 1. The lowest BCUT2D eigenvalue weighted by Gasteiger charge is -2.33. The lowest BCUT2D eigenvalue weighted by molar-refractivity contribution is -0.124.